The number of fused-ring (bicyclic) bond motifs is 1. The number of hydrogen-bond acceptors (Lipinski definition) is 2. The summed E-state index contributed by atoms with van der Waals surface area (Å²) in [5.41, 5.74) is 3.47. The molecule has 3 heteroatoms. The third kappa shape index (κ3) is 2.19. The van der Waals surface area contributed by atoms with Crippen molar-refractivity contribution in [1.82, 2.24) is 15.2 Å². The first kappa shape index (κ1) is 12.1. The maximum Gasteiger partial charge on any atom is 0.155 e. The number of nitrogens with one attached hydrogen (secondary N) is 1. The van der Waals surface area contributed by atoms with Crippen molar-refractivity contribution in [2.45, 2.75) is 52.4 Å². The van der Waals surface area contributed by atoms with Crippen LogP contribution in [0.25, 0.3) is 11.0 Å². The minimum Gasteiger partial charge on any atom is -0.261 e. The number of hydrogen-bond donors (Lipinski definition) is 1. The lowest BCUT2D eigenvalue weighted by molar-refractivity contribution is 0.557. The molecule has 0 aliphatic rings. The molecule has 0 saturated heterocycles. The highest BCUT2D eigenvalue weighted by Crippen LogP contribution is 2.32. The second kappa shape index (κ2) is 3.56. The van der Waals surface area contributed by atoms with Gasteiger partial charge in [-0.2, -0.15) is 5.10 Å². The van der Waals surface area contributed by atoms with E-state index in [1.165, 1.54) is 5.56 Å². The van der Waals surface area contributed by atoms with Gasteiger partial charge in [-0.3, -0.25) is 5.10 Å². The zero-order chi connectivity index (χ0) is 12.8. The van der Waals surface area contributed by atoms with Gasteiger partial charge < -0.3 is 0 Å². The smallest absolute Gasteiger partial charge is 0.155 e. The third-order valence-corrected chi connectivity index (χ3v) is 3.00. The topological polar surface area (TPSA) is 41.6 Å². The van der Waals surface area contributed by atoms with E-state index in [1.807, 2.05) is 6.20 Å². The third-order valence-electron chi connectivity index (χ3n) is 3.00. The molecule has 1 N–H and O–H groups in total. The van der Waals surface area contributed by atoms with Crippen molar-refractivity contribution in [3.05, 3.63) is 23.5 Å². The minimum atomic E-state index is 0.0549. The van der Waals surface area contributed by atoms with Gasteiger partial charge in [0.2, 0.25) is 0 Å². The Labute approximate surface area is 103 Å². The van der Waals surface area contributed by atoms with E-state index in [2.05, 4.69) is 62.8 Å². The van der Waals surface area contributed by atoms with Crippen LogP contribution in [0.5, 0.6) is 0 Å². The molecule has 2 aromatic rings. The molecule has 92 valence electrons. The molecule has 0 aliphatic carbocycles. The first-order valence-corrected chi connectivity index (χ1v) is 6.05. The minimum absolute atomic E-state index is 0.0549. The van der Waals surface area contributed by atoms with Crippen LogP contribution in [0.1, 0.15) is 52.8 Å². The summed E-state index contributed by atoms with van der Waals surface area (Å²) in [5, 5.41) is 8.22. The Kier molecular flexibility index (Phi) is 2.53. The summed E-state index contributed by atoms with van der Waals surface area (Å²) in [6.07, 6.45) is 1.87. The number of nitrogens with zero attached hydrogens (tertiary/aromatic N) is 2. The molecule has 2 aromatic heterocycles. The predicted molar refractivity (Wildman–Crippen MR) is 71.3 cm³/mol. The normalized spacial score (nSPS) is 13.3. The summed E-state index contributed by atoms with van der Waals surface area (Å²) in [5.74, 6) is 0. The molecule has 17 heavy (non-hydrogen) atoms. The Morgan fingerprint density at radius 2 is 1.65 bits per heavy atom. The fraction of sp³-hybridized carbons (Fsp3) is 0.571. The quantitative estimate of drug-likeness (QED) is 0.753. The van der Waals surface area contributed by atoms with E-state index < -0.39 is 0 Å². The molecular weight excluding hydrogens is 210 g/mol. The van der Waals surface area contributed by atoms with Crippen LogP contribution >= 0.6 is 0 Å². The second-order valence-electron chi connectivity index (χ2n) is 6.69. The highest BCUT2D eigenvalue weighted by molar-refractivity contribution is 5.79. The Morgan fingerprint density at radius 3 is 2.18 bits per heavy atom. The van der Waals surface area contributed by atoms with Crippen LogP contribution < -0.4 is 0 Å². The largest absolute Gasteiger partial charge is 0.261 e. The van der Waals surface area contributed by atoms with E-state index in [9.17, 15) is 0 Å². The van der Waals surface area contributed by atoms with Crippen LogP contribution in [0.15, 0.2) is 12.3 Å². The maximum absolute atomic E-state index is 4.66. The first-order valence-electron chi connectivity index (χ1n) is 6.05. The highest BCUT2D eigenvalue weighted by atomic mass is 15.1. The van der Waals surface area contributed by atoms with Crippen molar-refractivity contribution in [3.8, 4) is 0 Å². The monoisotopic (exact) mass is 231 g/mol. The number of aromatic amines is 1. The van der Waals surface area contributed by atoms with Gasteiger partial charge in [-0.25, -0.2) is 4.98 Å². The first-order chi connectivity index (χ1) is 7.69. The Bertz CT molecular complexity index is 539. The van der Waals surface area contributed by atoms with E-state index in [-0.39, 0.29) is 10.8 Å². The number of H-pyrrole nitrogens is 1. The Balaban J connectivity index is 2.76. The lowest BCUT2D eigenvalue weighted by Crippen LogP contribution is -2.18. The number of rotatable bonds is 0. The van der Waals surface area contributed by atoms with Gasteiger partial charge >= 0.3 is 0 Å². The summed E-state index contributed by atoms with van der Waals surface area (Å²) in [4.78, 5) is 4.66. The van der Waals surface area contributed by atoms with E-state index in [1.54, 1.807) is 0 Å². The molecule has 0 amide bonds. The molecule has 0 unspecified atom stereocenters. The van der Waals surface area contributed by atoms with Crippen molar-refractivity contribution in [3.63, 3.8) is 0 Å². The maximum atomic E-state index is 4.66. The van der Waals surface area contributed by atoms with Gasteiger partial charge in [0.15, 0.2) is 5.65 Å². The van der Waals surface area contributed by atoms with Gasteiger partial charge in [0.05, 0.1) is 6.20 Å². The van der Waals surface area contributed by atoms with E-state index in [0.717, 1.165) is 16.7 Å². The second-order valence-corrected chi connectivity index (χ2v) is 6.69. The highest BCUT2D eigenvalue weighted by Gasteiger charge is 2.23. The Morgan fingerprint density at radius 1 is 1.00 bits per heavy atom. The molecule has 0 aliphatic heterocycles. The standard InChI is InChI=1S/C14H21N3/c1-13(2,3)10-7-11(14(4,5)6)16-12-9(10)8-15-17-12/h7-8H,1-6H3,(H,15,16,17). The van der Waals surface area contributed by atoms with Crippen molar-refractivity contribution in [2.24, 2.45) is 0 Å². The van der Waals surface area contributed by atoms with Gasteiger partial charge in [0.25, 0.3) is 0 Å². The molecule has 0 spiro atoms. The molecule has 0 fully saturated rings. The average molecular weight is 231 g/mol. The summed E-state index contributed by atoms with van der Waals surface area (Å²) < 4.78 is 0. The molecule has 0 atom stereocenters. The SMILES string of the molecule is CC(C)(C)c1cc(C(C)(C)C)c2cn[nH]c2n1. The molecule has 0 bridgehead atoms. The molecular formula is C14H21N3. The zero-order valence-corrected chi connectivity index (χ0v) is 11.5. The van der Waals surface area contributed by atoms with E-state index >= 15 is 0 Å². The summed E-state index contributed by atoms with van der Waals surface area (Å²) in [6, 6.07) is 2.22. The molecule has 0 radical (unpaired) electrons. The van der Waals surface area contributed by atoms with Crippen molar-refractivity contribution < 1.29 is 0 Å². The molecule has 0 saturated carbocycles. The molecule has 2 heterocycles. The van der Waals surface area contributed by atoms with Crippen LogP contribution in [0.2, 0.25) is 0 Å². The van der Waals surface area contributed by atoms with Crippen molar-refractivity contribution >= 4 is 11.0 Å². The number of aromatic nitrogens is 3. The summed E-state index contributed by atoms with van der Waals surface area (Å²) >= 11 is 0. The van der Waals surface area contributed by atoms with Gasteiger partial charge in [-0.1, -0.05) is 41.5 Å². The van der Waals surface area contributed by atoms with Gasteiger partial charge in [0, 0.05) is 16.5 Å². The van der Waals surface area contributed by atoms with E-state index in [0.29, 0.717) is 0 Å². The fourth-order valence-electron chi connectivity index (χ4n) is 1.93. The predicted octanol–water partition coefficient (Wildman–Crippen LogP) is 3.55. The lowest BCUT2D eigenvalue weighted by atomic mass is 9.82. The van der Waals surface area contributed by atoms with Crippen LogP contribution in [0, 0.1) is 0 Å². The molecule has 2 rings (SSSR count). The average Bonchev–Trinajstić information content (AvgIpc) is 2.59. The van der Waals surface area contributed by atoms with Crippen LogP contribution in [0.3, 0.4) is 0 Å². The van der Waals surface area contributed by atoms with Gasteiger partial charge in [0.1, 0.15) is 0 Å². The Hall–Kier alpha value is -1.38. The molecule has 3 nitrogen and oxygen atoms in total. The van der Waals surface area contributed by atoms with Crippen molar-refractivity contribution in [2.75, 3.05) is 0 Å². The fourth-order valence-corrected chi connectivity index (χ4v) is 1.93. The van der Waals surface area contributed by atoms with E-state index in [4.69, 9.17) is 0 Å². The van der Waals surface area contributed by atoms with Crippen LogP contribution in [-0.2, 0) is 10.8 Å². The van der Waals surface area contributed by atoms with Gasteiger partial charge in [-0.05, 0) is 17.0 Å². The summed E-state index contributed by atoms with van der Waals surface area (Å²) in [6.45, 7) is 13.2. The summed E-state index contributed by atoms with van der Waals surface area (Å²) in [7, 11) is 0. The van der Waals surface area contributed by atoms with Crippen molar-refractivity contribution in [1.29, 1.82) is 0 Å². The molecule has 0 aromatic carbocycles. The lowest BCUT2D eigenvalue weighted by Gasteiger charge is -2.24. The van der Waals surface area contributed by atoms with Crippen LogP contribution in [0.4, 0.5) is 0 Å². The van der Waals surface area contributed by atoms with Gasteiger partial charge in [-0.15, -0.1) is 0 Å². The van der Waals surface area contributed by atoms with Crippen LogP contribution in [-0.4, -0.2) is 15.2 Å². The zero-order valence-electron chi connectivity index (χ0n) is 11.5. The number of pyridine rings is 1.